The van der Waals surface area contributed by atoms with Crippen molar-refractivity contribution < 1.29 is 14.7 Å². The number of nitrogens with one attached hydrogen (secondary N) is 2. The van der Waals surface area contributed by atoms with E-state index in [0.29, 0.717) is 12.0 Å². The molecule has 4 aromatic rings. The molecule has 1 aromatic heterocycles. The Hall–Kier alpha value is -3.68. The minimum Gasteiger partial charge on any atom is -0.481 e. The van der Waals surface area contributed by atoms with E-state index in [4.69, 9.17) is 5.11 Å². The second kappa shape index (κ2) is 14.8. The van der Waals surface area contributed by atoms with Gasteiger partial charge in [-0.15, -0.1) is 11.3 Å². The SMILES string of the molecule is CC(C(=O)O)c1ccccc1.CCCC(C)N1CCC(c2csc3ccc(NC(=O)Nc4ccccc4)cc23)CC1. The molecule has 5 rings (SSSR count). The first-order chi connectivity index (χ1) is 19.9. The number of hydrogen-bond donors (Lipinski definition) is 3. The number of nitrogens with zero attached hydrogens (tertiary/aromatic N) is 1. The van der Waals surface area contributed by atoms with Crippen molar-refractivity contribution in [2.75, 3.05) is 23.7 Å². The van der Waals surface area contributed by atoms with E-state index in [0.717, 1.165) is 16.9 Å². The number of rotatable bonds is 8. The molecule has 216 valence electrons. The van der Waals surface area contributed by atoms with Crippen LogP contribution in [0.25, 0.3) is 10.1 Å². The lowest BCUT2D eigenvalue weighted by Gasteiger charge is -2.36. The summed E-state index contributed by atoms with van der Waals surface area (Å²) in [5.74, 6) is -0.579. The molecule has 0 radical (unpaired) electrons. The van der Waals surface area contributed by atoms with Gasteiger partial charge in [0.1, 0.15) is 0 Å². The molecule has 7 heteroatoms. The van der Waals surface area contributed by atoms with Crippen LogP contribution in [0.15, 0.2) is 84.2 Å². The third-order valence-electron chi connectivity index (χ3n) is 7.86. The molecule has 0 bridgehead atoms. The number of piperidine rings is 1. The number of fused-ring (bicyclic) bond motifs is 1. The van der Waals surface area contributed by atoms with E-state index in [2.05, 4.69) is 46.9 Å². The van der Waals surface area contributed by atoms with Crippen molar-refractivity contribution in [3.05, 3.63) is 95.4 Å². The van der Waals surface area contributed by atoms with Gasteiger partial charge >= 0.3 is 12.0 Å². The van der Waals surface area contributed by atoms with Gasteiger partial charge in [0.25, 0.3) is 0 Å². The first-order valence-electron chi connectivity index (χ1n) is 14.5. The molecule has 0 aliphatic carbocycles. The van der Waals surface area contributed by atoms with Gasteiger partial charge in [-0.2, -0.15) is 0 Å². The van der Waals surface area contributed by atoms with Crippen molar-refractivity contribution >= 4 is 44.8 Å². The number of hydrogen-bond acceptors (Lipinski definition) is 4. The largest absolute Gasteiger partial charge is 0.481 e. The van der Waals surface area contributed by atoms with Crippen molar-refractivity contribution in [1.82, 2.24) is 4.90 Å². The van der Waals surface area contributed by atoms with Crippen LogP contribution in [-0.2, 0) is 4.79 Å². The Labute approximate surface area is 247 Å². The van der Waals surface area contributed by atoms with Gasteiger partial charge in [-0.05, 0) is 104 Å². The first-order valence-corrected chi connectivity index (χ1v) is 15.4. The molecule has 0 spiro atoms. The first kappa shape index (κ1) is 30.3. The van der Waals surface area contributed by atoms with E-state index in [1.165, 1.54) is 54.4 Å². The van der Waals surface area contributed by atoms with E-state index in [-0.39, 0.29) is 6.03 Å². The fourth-order valence-corrected chi connectivity index (χ4v) is 6.42. The summed E-state index contributed by atoms with van der Waals surface area (Å²) in [6, 6.07) is 25.4. The fourth-order valence-electron chi connectivity index (χ4n) is 5.39. The molecule has 1 aliphatic rings. The summed E-state index contributed by atoms with van der Waals surface area (Å²) in [5.41, 5.74) is 3.92. The predicted molar refractivity (Wildman–Crippen MR) is 171 cm³/mol. The summed E-state index contributed by atoms with van der Waals surface area (Å²) in [6.45, 7) is 8.67. The number of urea groups is 1. The van der Waals surface area contributed by atoms with Crippen LogP contribution in [0.1, 0.15) is 69.4 Å². The van der Waals surface area contributed by atoms with Crippen LogP contribution in [-0.4, -0.2) is 41.1 Å². The Morgan fingerprint density at radius 1 is 0.927 bits per heavy atom. The van der Waals surface area contributed by atoms with Crippen molar-refractivity contribution in [2.45, 2.75) is 64.3 Å². The normalized spacial score (nSPS) is 15.4. The van der Waals surface area contributed by atoms with E-state index < -0.39 is 11.9 Å². The van der Waals surface area contributed by atoms with Crippen LogP contribution in [0, 0.1) is 0 Å². The van der Waals surface area contributed by atoms with Crippen molar-refractivity contribution in [3.8, 4) is 0 Å². The smallest absolute Gasteiger partial charge is 0.323 e. The molecule has 1 aliphatic heterocycles. The number of amides is 2. The second-order valence-electron chi connectivity index (χ2n) is 10.8. The Kier molecular flexibility index (Phi) is 10.9. The zero-order valence-electron chi connectivity index (χ0n) is 24.2. The number of carboxylic acids is 1. The lowest BCUT2D eigenvalue weighted by Crippen LogP contribution is -2.39. The number of benzene rings is 3. The highest BCUT2D eigenvalue weighted by Gasteiger charge is 2.25. The van der Waals surface area contributed by atoms with Gasteiger partial charge < -0.3 is 20.6 Å². The number of thiophene rings is 1. The Morgan fingerprint density at radius 2 is 1.56 bits per heavy atom. The highest BCUT2D eigenvalue weighted by atomic mass is 32.1. The molecule has 2 heterocycles. The van der Waals surface area contributed by atoms with Crippen LogP contribution in [0.4, 0.5) is 16.2 Å². The number of para-hydroxylation sites is 1. The maximum absolute atomic E-state index is 12.4. The van der Waals surface area contributed by atoms with Crippen LogP contribution < -0.4 is 10.6 Å². The third kappa shape index (κ3) is 8.41. The molecule has 1 saturated heterocycles. The van der Waals surface area contributed by atoms with Crippen LogP contribution in [0.5, 0.6) is 0 Å². The number of likely N-dealkylation sites (tertiary alicyclic amines) is 1. The van der Waals surface area contributed by atoms with Gasteiger partial charge in [-0.3, -0.25) is 4.79 Å². The quantitative estimate of drug-likeness (QED) is 0.197. The van der Waals surface area contributed by atoms with Gasteiger partial charge in [0, 0.05) is 22.1 Å². The Morgan fingerprint density at radius 3 is 2.20 bits per heavy atom. The van der Waals surface area contributed by atoms with E-state index in [1.807, 2.05) is 78.1 Å². The summed E-state index contributed by atoms with van der Waals surface area (Å²) in [6.07, 6.45) is 4.97. The van der Waals surface area contributed by atoms with Gasteiger partial charge in [0.05, 0.1) is 5.92 Å². The van der Waals surface area contributed by atoms with E-state index >= 15 is 0 Å². The molecular formula is C34H41N3O3S. The zero-order chi connectivity index (χ0) is 29.2. The summed E-state index contributed by atoms with van der Waals surface area (Å²) < 4.78 is 1.29. The zero-order valence-corrected chi connectivity index (χ0v) is 25.0. The van der Waals surface area contributed by atoms with Gasteiger partial charge in [0.15, 0.2) is 0 Å². The lowest BCUT2D eigenvalue weighted by molar-refractivity contribution is -0.138. The van der Waals surface area contributed by atoms with Crippen LogP contribution in [0.3, 0.4) is 0 Å². The summed E-state index contributed by atoms with van der Waals surface area (Å²) >= 11 is 1.81. The average Bonchev–Trinajstić information content (AvgIpc) is 3.41. The maximum atomic E-state index is 12.4. The number of carboxylic acid groups (broad SMARTS) is 1. The molecule has 3 N–H and O–H groups in total. The molecule has 2 amide bonds. The summed E-state index contributed by atoms with van der Waals surface area (Å²) in [5, 5.41) is 18.1. The molecule has 2 unspecified atom stereocenters. The molecule has 3 aromatic carbocycles. The monoisotopic (exact) mass is 571 g/mol. The van der Waals surface area contributed by atoms with E-state index in [1.54, 1.807) is 6.92 Å². The molecule has 0 saturated carbocycles. The van der Waals surface area contributed by atoms with Crippen molar-refractivity contribution in [3.63, 3.8) is 0 Å². The molecule has 6 nitrogen and oxygen atoms in total. The number of carbonyl (C=O) groups excluding carboxylic acids is 1. The fraction of sp³-hybridized carbons (Fsp3) is 0.353. The highest BCUT2D eigenvalue weighted by molar-refractivity contribution is 7.17. The number of anilines is 2. The lowest BCUT2D eigenvalue weighted by atomic mass is 9.88. The van der Waals surface area contributed by atoms with Gasteiger partial charge in [-0.25, -0.2) is 4.79 Å². The van der Waals surface area contributed by atoms with Gasteiger partial charge in [0.2, 0.25) is 0 Å². The third-order valence-corrected chi connectivity index (χ3v) is 8.84. The van der Waals surface area contributed by atoms with E-state index in [9.17, 15) is 9.59 Å². The summed E-state index contributed by atoms with van der Waals surface area (Å²) in [4.78, 5) is 25.5. The Balaban J connectivity index is 0.000000296. The standard InChI is InChI=1S/C25H31N3OS.C9H10O2/c1-3-7-18(2)28-14-12-19(13-15-28)23-17-30-24-11-10-21(16-22(23)24)27-25(29)26-20-8-5-4-6-9-20;1-7(9(10)11)8-5-3-2-4-6-8/h4-6,8-11,16-19H,3,7,12-15H2,1-2H3,(H2,26,27,29);2-7H,1H3,(H,10,11). The number of carbonyl (C=O) groups is 2. The summed E-state index contributed by atoms with van der Waals surface area (Å²) in [7, 11) is 0. The molecule has 41 heavy (non-hydrogen) atoms. The van der Waals surface area contributed by atoms with Crippen LogP contribution in [0.2, 0.25) is 0 Å². The minimum atomic E-state index is -0.781. The number of aliphatic carboxylic acids is 1. The molecular weight excluding hydrogens is 530 g/mol. The minimum absolute atomic E-state index is 0.212. The van der Waals surface area contributed by atoms with Crippen molar-refractivity contribution in [1.29, 1.82) is 0 Å². The second-order valence-corrected chi connectivity index (χ2v) is 11.7. The average molecular weight is 572 g/mol. The van der Waals surface area contributed by atoms with Crippen molar-refractivity contribution in [2.24, 2.45) is 0 Å². The maximum Gasteiger partial charge on any atom is 0.323 e. The topological polar surface area (TPSA) is 81.7 Å². The van der Waals surface area contributed by atoms with Crippen LogP contribution >= 0.6 is 11.3 Å². The predicted octanol–water partition coefficient (Wildman–Crippen LogP) is 8.79. The highest BCUT2D eigenvalue weighted by Crippen LogP contribution is 2.38. The molecule has 2 atom stereocenters. The Bertz CT molecular complexity index is 1400. The van der Waals surface area contributed by atoms with Gasteiger partial charge in [-0.1, -0.05) is 61.9 Å². The molecule has 1 fully saturated rings.